The number of halogens is 1. The summed E-state index contributed by atoms with van der Waals surface area (Å²) in [6.45, 7) is 11.6. The number of aliphatic hydroxyl groups excluding tert-OH is 1. The fraction of sp³-hybridized carbons (Fsp3) is 0.333. The van der Waals surface area contributed by atoms with Gasteiger partial charge in [-0.1, -0.05) is 60.7 Å². The van der Waals surface area contributed by atoms with Gasteiger partial charge in [0.15, 0.2) is 11.5 Å². The van der Waals surface area contributed by atoms with Crippen molar-refractivity contribution in [2.24, 2.45) is 5.73 Å². The summed E-state index contributed by atoms with van der Waals surface area (Å²) in [6, 6.07) is 18.4. The lowest BCUT2D eigenvalue weighted by atomic mass is 10.2. The van der Waals surface area contributed by atoms with E-state index in [4.69, 9.17) is 24.4 Å². The second-order valence-corrected chi connectivity index (χ2v) is 11.4. The smallest absolute Gasteiger partial charge is 0.378 e. The number of allylic oxidation sites excluding steroid dienone is 1. The summed E-state index contributed by atoms with van der Waals surface area (Å²) in [7, 11) is 0. The highest BCUT2D eigenvalue weighted by Gasteiger charge is 2.26. The first kappa shape index (κ1) is 41.8. The quantitative estimate of drug-likeness (QED) is 0.0765. The number of hydrogen-bond acceptors (Lipinski definition) is 11. The van der Waals surface area contributed by atoms with E-state index in [1.54, 1.807) is 41.5 Å². The Morgan fingerprint density at radius 3 is 1.81 bits per heavy atom. The molecule has 3 aromatic rings. The zero-order chi connectivity index (χ0) is 34.9. The lowest BCUT2D eigenvalue weighted by Gasteiger charge is -2.19. The van der Waals surface area contributed by atoms with Crippen molar-refractivity contribution >= 4 is 36.5 Å². The summed E-state index contributed by atoms with van der Waals surface area (Å²) in [5, 5.41) is 15.7. The van der Waals surface area contributed by atoms with Crippen LogP contribution in [0.25, 0.3) is 0 Å². The molecule has 256 valence electrons. The summed E-state index contributed by atoms with van der Waals surface area (Å²) in [4.78, 5) is 53.6. The molecule has 1 heterocycles. The number of esters is 2. The van der Waals surface area contributed by atoms with Gasteiger partial charge in [-0.2, -0.15) is 0 Å². The van der Waals surface area contributed by atoms with Crippen LogP contribution in [0.5, 0.6) is 5.75 Å². The van der Waals surface area contributed by atoms with Crippen LogP contribution >= 0.6 is 12.4 Å². The number of aliphatic hydroxyl groups is 1. The average Bonchev–Trinajstić information content (AvgIpc) is 2.96. The molecule has 0 aliphatic carbocycles. The molecule has 47 heavy (non-hydrogen) atoms. The number of nitrogens with two attached hydrogens (primary N) is 1. The first-order chi connectivity index (χ1) is 21.5. The van der Waals surface area contributed by atoms with Crippen molar-refractivity contribution in [2.75, 3.05) is 0 Å². The Hall–Kier alpha value is -5.17. The fourth-order valence-corrected chi connectivity index (χ4v) is 3.21. The molecule has 0 amide bonds. The molecule has 2 aromatic carbocycles. The zero-order valence-corrected chi connectivity index (χ0v) is 28.3. The van der Waals surface area contributed by atoms with Gasteiger partial charge in [-0.25, -0.2) is 14.6 Å². The molecule has 0 atom stereocenters. The van der Waals surface area contributed by atoms with Crippen LogP contribution in [0, 0.1) is 5.41 Å². The summed E-state index contributed by atoms with van der Waals surface area (Å²) < 4.78 is 21.0. The van der Waals surface area contributed by atoms with E-state index in [1.165, 1.54) is 6.92 Å². The molecule has 0 unspecified atom stereocenters. The zero-order valence-electron chi connectivity index (χ0n) is 27.5. The molecule has 3 rings (SSSR count). The number of aromatic nitrogens is 2. The van der Waals surface area contributed by atoms with Gasteiger partial charge >= 0.3 is 11.9 Å². The number of benzene rings is 2. The highest BCUT2D eigenvalue weighted by Crippen LogP contribution is 2.18. The van der Waals surface area contributed by atoms with Crippen molar-refractivity contribution in [1.29, 1.82) is 5.41 Å². The molecule has 0 spiro atoms. The van der Waals surface area contributed by atoms with E-state index in [-0.39, 0.29) is 37.1 Å². The third-order valence-corrected chi connectivity index (χ3v) is 4.98. The van der Waals surface area contributed by atoms with Crippen LogP contribution in [0.15, 0.2) is 83.3 Å². The minimum absolute atomic E-state index is 0. The number of H-pyrrole nitrogens is 1. The molecular weight excluding hydrogens is 632 g/mol. The highest BCUT2D eigenvalue weighted by atomic mass is 35.5. The SMILES string of the molecule is CC(=O)/C(OCc1ccccc1)=C(\O)C(=O)OC(C)(C)C.CC(C)(C)OC(=O)c1nc[nH]c(=O)c1OCc1ccccc1.Cl.N=CN. The van der Waals surface area contributed by atoms with Gasteiger partial charge < -0.3 is 34.8 Å². The third kappa shape index (κ3) is 16.6. The molecular formula is C33H43ClN4O9. The summed E-state index contributed by atoms with van der Waals surface area (Å²) in [5.41, 5.74) is 3.97. The van der Waals surface area contributed by atoms with Gasteiger partial charge in [0.25, 0.3) is 5.56 Å². The van der Waals surface area contributed by atoms with Crippen LogP contribution < -0.4 is 16.0 Å². The average molecular weight is 675 g/mol. The van der Waals surface area contributed by atoms with E-state index in [2.05, 4.69) is 15.7 Å². The minimum atomic E-state index is -0.985. The Morgan fingerprint density at radius 1 is 0.894 bits per heavy atom. The van der Waals surface area contributed by atoms with Gasteiger partial charge in [0.2, 0.25) is 17.3 Å². The normalized spacial score (nSPS) is 11.0. The Labute approximate surface area is 280 Å². The van der Waals surface area contributed by atoms with Gasteiger partial charge in [-0.3, -0.25) is 15.0 Å². The molecule has 0 saturated carbocycles. The van der Waals surface area contributed by atoms with Crippen molar-refractivity contribution in [3.8, 4) is 5.75 Å². The van der Waals surface area contributed by atoms with E-state index >= 15 is 0 Å². The molecule has 13 nitrogen and oxygen atoms in total. The van der Waals surface area contributed by atoms with E-state index in [0.717, 1.165) is 23.8 Å². The first-order valence-electron chi connectivity index (χ1n) is 14.0. The second kappa shape index (κ2) is 20.1. The maximum Gasteiger partial charge on any atom is 0.378 e. The molecule has 14 heteroatoms. The molecule has 0 aliphatic rings. The Balaban J connectivity index is 0.000000816. The maximum absolute atomic E-state index is 12.1. The number of ketones is 1. The van der Waals surface area contributed by atoms with E-state index in [0.29, 0.717) is 0 Å². The van der Waals surface area contributed by atoms with Crippen LogP contribution in [-0.2, 0) is 37.0 Å². The van der Waals surface area contributed by atoms with Crippen molar-refractivity contribution in [3.63, 3.8) is 0 Å². The number of rotatable bonds is 9. The van der Waals surface area contributed by atoms with Crippen molar-refractivity contribution in [2.45, 2.75) is 72.9 Å². The van der Waals surface area contributed by atoms with Crippen molar-refractivity contribution in [3.05, 3.63) is 106 Å². The predicted octanol–water partition coefficient (Wildman–Crippen LogP) is 5.18. The van der Waals surface area contributed by atoms with Gasteiger partial charge in [-0.05, 0) is 52.7 Å². The third-order valence-electron chi connectivity index (χ3n) is 4.98. The van der Waals surface area contributed by atoms with Crippen molar-refractivity contribution in [1.82, 2.24) is 9.97 Å². The largest absolute Gasteiger partial charge is 0.499 e. The number of ether oxygens (including phenoxy) is 4. The molecule has 0 saturated heterocycles. The standard InChI is InChI=1S/C16H18N2O4.C16H20O5.CH4N2.ClH/c1-16(2,3)22-15(20)12-13(14(19)18-10-17-12)21-9-11-7-5-4-6-8-11;1-11(17)14(13(18)15(19)21-16(2,3)4)20-10-12-8-6-5-7-9-12;2-1-3;/h4-8,10H,9H2,1-3H3,(H,17,18,19);5-9,18H,10H2,1-4H3;1H,(H3,2,3);1H/b;14-13+;;. The highest BCUT2D eigenvalue weighted by molar-refractivity contribution is 5.99. The second-order valence-electron chi connectivity index (χ2n) is 11.4. The van der Waals surface area contributed by atoms with Gasteiger partial charge in [0.05, 0.1) is 12.7 Å². The molecule has 0 radical (unpaired) electrons. The van der Waals surface area contributed by atoms with Crippen LogP contribution in [0.4, 0.5) is 0 Å². The van der Waals surface area contributed by atoms with Crippen molar-refractivity contribution < 1.29 is 38.4 Å². The minimum Gasteiger partial charge on any atom is -0.499 e. The van der Waals surface area contributed by atoms with Crippen LogP contribution in [0.3, 0.4) is 0 Å². The number of nitrogens with one attached hydrogen (secondary N) is 2. The Bertz CT molecular complexity index is 1530. The lowest BCUT2D eigenvalue weighted by Crippen LogP contribution is -2.26. The number of carbonyl (C=O) groups is 3. The number of Topliss-reactive ketones (excluding diaryl/α,β-unsaturated/α-hetero) is 1. The van der Waals surface area contributed by atoms with Crippen LogP contribution in [0.1, 0.15) is 70.1 Å². The van der Waals surface area contributed by atoms with Crippen LogP contribution in [-0.4, -0.2) is 50.3 Å². The molecule has 1 aromatic heterocycles. The van der Waals surface area contributed by atoms with E-state index in [9.17, 15) is 24.3 Å². The number of aromatic amines is 1. The predicted molar refractivity (Wildman–Crippen MR) is 178 cm³/mol. The topological polar surface area (TPSA) is 204 Å². The Kier molecular flexibility index (Phi) is 17.8. The molecule has 5 N–H and O–H groups in total. The summed E-state index contributed by atoms with van der Waals surface area (Å²) in [5.74, 6) is -3.57. The fourth-order valence-electron chi connectivity index (χ4n) is 3.21. The van der Waals surface area contributed by atoms with E-state index in [1.807, 2.05) is 60.7 Å². The monoisotopic (exact) mass is 674 g/mol. The number of hydrogen-bond donors (Lipinski definition) is 4. The molecule has 0 fully saturated rings. The van der Waals surface area contributed by atoms with Gasteiger partial charge in [0, 0.05) is 6.92 Å². The summed E-state index contributed by atoms with van der Waals surface area (Å²) in [6.07, 6.45) is 1.90. The Morgan fingerprint density at radius 2 is 1.36 bits per heavy atom. The molecule has 0 aliphatic heterocycles. The molecule has 0 bridgehead atoms. The van der Waals surface area contributed by atoms with E-state index < -0.39 is 46.0 Å². The first-order valence-corrected chi connectivity index (χ1v) is 14.0. The summed E-state index contributed by atoms with van der Waals surface area (Å²) >= 11 is 0. The maximum atomic E-state index is 12.1. The number of carbonyl (C=O) groups excluding carboxylic acids is 3. The lowest BCUT2D eigenvalue weighted by molar-refractivity contribution is -0.154. The van der Waals surface area contributed by atoms with Gasteiger partial charge in [0.1, 0.15) is 24.4 Å². The number of nitrogens with zero attached hydrogens (tertiary/aromatic N) is 1. The van der Waals surface area contributed by atoms with Gasteiger partial charge in [-0.15, -0.1) is 12.4 Å². The van der Waals surface area contributed by atoms with Crippen LogP contribution in [0.2, 0.25) is 0 Å².